The summed E-state index contributed by atoms with van der Waals surface area (Å²) in [6, 6.07) is 9.37. The van der Waals surface area contributed by atoms with Crippen LogP contribution < -0.4 is 11.1 Å². The summed E-state index contributed by atoms with van der Waals surface area (Å²) in [6.07, 6.45) is 1.77. The van der Waals surface area contributed by atoms with Crippen LogP contribution in [0.15, 0.2) is 36.5 Å². The van der Waals surface area contributed by atoms with Crippen molar-refractivity contribution in [2.75, 3.05) is 0 Å². The van der Waals surface area contributed by atoms with E-state index in [1.165, 1.54) is 0 Å². The first-order chi connectivity index (χ1) is 9.00. The first-order valence-electron chi connectivity index (χ1n) is 6.04. The Kier molecular flexibility index (Phi) is 7.89. The molecule has 2 rings (SSSR count). The van der Waals surface area contributed by atoms with Gasteiger partial charge in [0.05, 0.1) is 11.6 Å². The molecule has 3 N–H and O–H groups in total. The second-order valence-corrected chi connectivity index (χ2v) is 5.92. The van der Waals surface area contributed by atoms with E-state index >= 15 is 0 Å². The van der Waals surface area contributed by atoms with Gasteiger partial charge in [-0.2, -0.15) is 0 Å². The van der Waals surface area contributed by atoms with Crippen LogP contribution in [0.2, 0.25) is 0 Å². The van der Waals surface area contributed by atoms with Gasteiger partial charge < -0.3 is 11.1 Å². The predicted molar refractivity (Wildman–Crippen MR) is 91.2 cm³/mol. The van der Waals surface area contributed by atoms with Crippen molar-refractivity contribution >= 4 is 42.1 Å². The van der Waals surface area contributed by atoms with E-state index in [-0.39, 0.29) is 30.7 Å². The number of nitrogens with zero attached hydrogens (tertiary/aromatic N) is 1. The molecule has 1 aromatic carbocycles. The van der Waals surface area contributed by atoms with Crippen LogP contribution in [0.5, 0.6) is 0 Å². The zero-order valence-corrected chi connectivity index (χ0v) is 14.3. The normalized spacial score (nSPS) is 12.5. The van der Waals surface area contributed by atoms with E-state index in [1.807, 2.05) is 37.3 Å². The Morgan fingerprint density at radius 1 is 1.33 bits per heavy atom. The Labute approximate surface area is 141 Å². The number of carbonyl (C=O) groups excluding carboxylic acids is 1. The number of hydrogen-bond donors (Lipinski definition) is 2. The molecule has 1 heterocycles. The number of hydrogen-bond acceptors (Lipinski definition) is 4. The van der Waals surface area contributed by atoms with Crippen molar-refractivity contribution < 1.29 is 4.79 Å². The summed E-state index contributed by atoms with van der Waals surface area (Å²) in [7, 11) is 0. The molecule has 2 aromatic rings. The van der Waals surface area contributed by atoms with Gasteiger partial charge in [0.2, 0.25) is 5.91 Å². The van der Waals surface area contributed by atoms with Crippen LogP contribution in [0.3, 0.4) is 0 Å². The average molecular weight is 348 g/mol. The van der Waals surface area contributed by atoms with E-state index in [9.17, 15) is 4.79 Å². The van der Waals surface area contributed by atoms with E-state index in [0.717, 1.165) is 15.4 Å². The fraction of sp³-hybridized carbons (Fsp3) is 0.286. The number of aromatic nitrogens is 1. The maximum Gasteiger partial charge on any atom is 0.244 e. The van der Waals surface area contributed by atoms with E-state index in [4.69, 9.17) is 5.73 Å². The summed E-state index contributed by atoms with van der Waals surface area (Å²) in [5, 5.41) is 3.85. The molecule has 0 aliphatic carbocycles. The lowest BCUT2D eigenvalue weighted by Gasteiger charge is -2.23. The van der Waals surface area contributed by atoms with Crippen molar-refractivity contribution in [3.8, 4) is 0 Å². The van der Waals surface area contributed by atoms with Gasteiger partial charge in [-0.05, 0) is 19.4 Å². The molecule has 0 bridgehead atoms. The Morgan fingerprint density at radius 2 is 1.95 bits per heavy atom. The first-order valence-corrected chi connectivity index (χ1v) is 6.86. The fourth-order valence-corrected chi connectivity index (χ4v) is 2.49. The third-order valence-electron chi connectivity index (χ3n) is 2.94. The van der Waals surface area contributed by atoms with Gasteiger partial charge >= 0.3 is 0 Å². The molecule has 0 saturated heterocycles. The van der Waals surface area contributed by atoms with Gasteiger partial charge in [-0.3, -0.25) is 4.79 Å². The second-order valence-electron chi connectivity index (χ2n) is 4.60. The summed E-state index contributed by atoms with van der Waals surface area (Å²) in [5.74, 6) is -0.190. The molecule has 116 valence electrons. The topological polar surface area (TPSA) is 68.0 Å². The van der Waals surface area contributed by atoms with Crippen LogP contribution in [-0.4, -0.2) is 10.9 Å². The summed E-state index contributed by atoms with van der Waals surface area (Å²) in [6.45, 7) is 4.12. The SMILES string of the molecule is Cc1ncc(CNC(=O)C(C)(N)c2ccccc2)s1.Cl.Cl. The van der Waals surface area contributed by atoms with Gasteiger partial charge in [0.1, 0.15) is 5.54 Å². The van der Waals surface area contributed by atoms with Crippen molar-refractivity contribution in [2.45, 2.75) is 25.9 Å². The lowest BCUT2D eigenvalue weighted by atomic mass is 9.92. The highest BCUT2D eigenvalue weighted by Gasteiger charge is 2.29. The van der Waals surface area contributed by atoms with Crippen LogP contribution in [0, 0.1) is 6.92 Å². The minimum atomic E-state index is -1.03. The molecule has 0 radical (unpaired) electrons. The standard InChI is InChI=1S/C14H17N3OS.2ClH/c1-10-16-8-12(19-10)9-17-13(18)14(2,15)11-6-4-3-5-7-11;;/h3-8H,9,15H2,1-2H3,(H,17,18);2*1H. The summed E-state index contributed by atoms with van der Waals surface area (Å²) in [4.78, 5) is 17.4. The predicted octanol–water partition coefficient (Wildman–Crippen LogP) is 2.79. The van der Waals surface area contributed by atoms with Crippen LogP contribution in [0.1, 0.15) is 22.4 Å². The molecule has 0 saturated carbocycles. The number of thiazole rings is 1. The van der Waals surface area contributed by atoms with E-state index in [0.29, 0.717) is 6.54 Å². The summed E-state index contributed by atoms with van der Waals surface area (Å²) in [5.41, 5.74) is 5.90. The minimum absolute atomic E-state index is 0. The fourth-order valence-electron chi connectivity index (χ4n) is 1.75. The molecular formula is C14H19Cl2N3OS. The van der Waals surface area contributed by atoms with Gasteiger partial charge in [0, 0.05) is 11.1 Å². The minimum Gasteiger partial charge on any atom is -0.349 e. The number of nitrogens with one attached hydrogen (secondary N) is 1. The number of halogens is 2. The van der Waals surface area contributed by atoms with E-state index in [1.54, 1.807) is 24.5 Å². The third kappa shape index (κ3) is 4.97. The number of benzene rings is 1. The molecule has 0 spiro atoms. The molecule has 1 amide bonds. The van der Waals surface area contributed by atoms with Crippen molar-refractivity contribution in [1.29, 1.82) is 0 Å². The Morgan fingerprint density at radius 3 is 2.48 bits per heavy atom. The molecule has 1 unspecified atom stereocenters. The Bertz CT molecular complexity index is 573. The van der Waals surface area contributed by atoms with E-state index in [2.05, 4.69) is 10.3 Å². The van der Waals surface area contributed by atoms with Gasteiger partial charge in [-0.1, -0.05) is 30.3 Å². The maximum atomic E-state index is 12.2. The lowest BCUT2D eigenvalue weighted by molar-refractivity contribution is -0.126. The molecular weight excluding hydrogens is 329 g/mol. The molecule has 1 aromatic heterocycles. The molecule has 21 heavy (non-hydrogen) atoms. The number of carbonyl (C=O) groups is 1. The molecule has 7 heteroatoms. The van der Waals surface area contributed by atoms with Gasteiger partial charge in [-0.25, -0.2) is 4.98 Å². The van der Waals surface area contributed by atoms with Gasteiger partial charge in [0.15, 0.2) is 0 Å². The molecule has 4 nitrogen and oxygen atoms in total. The zero-order chi connectivity index (χ0) is 13.9. The van der Waals surface area contributed by atoms with Gasteiger partial charge in [0.25, 0.3) is 0 Å². The monoisotopic (exact) mass is 347 g/mol. The highest BCUT2D eigenvalue weighted by atomic mass is 35.5. The molecule has 0 fully saturated rings. The molecule has 1 atom stereocenters. The Balaban J connectivity index is 0.00000200. The number of amides is 1. The smallest absolute Gasteiger partial charge is 0.244 e. The van der Waals surface area contributed by atoms with Crippen molar-refractivity contribution in [2.24, 2.45) is 5.73 Å². The van der Waals surface area contributed by atoms with Crippen molar-refractivity contribution in [3.63, 3.8) is 0 Å². The largest absolute Gasteiger partial charge is 0.349 e. The quantitative estimate of drug-likeness (QED) is 0.893. The van der Waals surface area contributed by atoms with Crippen LogP contribution in [0.4, 0.5) is 0 Å². The summed E-state index contributed by atoms with van der Waals surface area (Å²) >= 11 is 1.57. The highest BCUT2D eigenvalue weighted by Crippen LogP contribution is 2.18. The maximum absolute atomic E-state index is 12.2. The lowest BCUT2D eigenvalue weighted by Crippen LogP contribution is -2.48. The van der Waals surface area contributed by atoms with Crippen molar-refractivity contribution in [3.05, 3.63) is 52.0 Å². The number of aryl methyl sites for hydroxylation is 1. The highest BCUT2D eigenvalue weighted by molar-refractivity contribution is 7.11. The van der Waals surface area contributed by atoms with Gasteiger partial charge in [-0.15, -0.1) is 36.2 Å². The molecule has 0 aliphatic rings. The number of rotatable bonds is 4. The van der Waals surface area contributed by atoms with E-state index < -0.39 is 5.54 Å². The second kappa shape index (κ2) is 8.34. The van der Waals surface area contributed by atoms with Crippen LogP contribution in [-0.2, 0) is 16.9 Å². The third-order valence-corrected chi connectivity index (χ3v) is 3.85. The van der Waals surface area contributed by atoms with Crippen LogP contribution >= 0.6 is 36.2 Å². The Hall–Kier alpha value is -1.14. The zero-order valence-electron chi connectivity index (χ0n) is 11.8. The van der Waals surface area contributed by atoms with Crippen LogP contribution in [0.25, 0.3) is 0 Å². The number of nitrogens with two attached hydrogens (primary N) is 1. The first kappa shape index (κ1) is 19.9. The summed E-state index contributed by atoms with van der Waals surface area (Å²) < 4.78 is 0. The average Bonchev–Trinajstić information content (AvgIpc) is 2.82. The van der Waals surface area contributed by atoms with Crippen molar-refractivity contribution in [1.82, 2.24) is 10.3 Å². The molecule has 0 aliphatic heterocycles.